The molecule has 134 valence electrons. The van der Waals surface area contributed by atoms with Crippen molar-refractivity contribution in [1.29, 1.82) is 0 Å². The molecule has 0 atom stereocenters. The normalized spacial score (nSPS) is 16.0. The predicted octanol–water partition coefficient (Wildman–Crippen LogP) is 2.43. The van der Waals surface area contributed by atoms with Crippen LogP contribution < -0.4 is 5.32 Å². The number of carbonyl (C=O) groups is 1. The number of nitrogens with one attached hydrogen (secondary N) is 1. The van der Waals surface area contributed by atoms with Gasteiger partial charge in [-0.15, -0.1) is 0 Å². The smallest absolute Gasteiger partial charge is 0.273 e. The number of ether oxygens (including phenoxy) is 1. The lowest BCUT2D eigenvalue weighted by Gasteiger charge is -2.31. The minimum Gasteiger partial charge on any atom is -0.383 e. The molecular formula is C19H25N3O3. The van der Waals surface area contributed by atoms with E-state index in [2.05, 4.69) is 15.4 Å². The summed E-state index contributed by atoms with van der Waals surface area (Å²) in [5.74, 6) is 0.952. The van der Waals surface area contributed by atoms with Crippen LogP contribution in [0.1, 0.15) is 23.3 Å². The van der Waals surface area contributed by atoms with Crippen molar-refractivity contribution in [2.45, 2.75) is 12.8 Å². The molecule has 0 aliphatic carbocycles. The number of hydrogen-bond acceptors (Lipinski definition) is 5. The Morgan fingerprint density at radius 1 is 1.32 bits per heavy atom. The third-order valence-corrected chi connectivity index (χ3v) is 4.67. The quantitative estimate of drug-likeness (QED) is 0.836. The van der Waals surface area contributed by atoms with Crippen LogP contribution in [0.15, 0.2) is 40.9 Å². The van der Waals surface area contributed by atoms with Gasteiger partial charge in [-0.05, 0) is 31.8 Å². The fraction of sp³-hybridized carbons (Fsp3) is 0.474. The van der Waals surface area contributed by atoms with Crippen molar-refractivity contribution in [3.8, 4) is 11.3 Å². The van der Waals surface area contributed by atoms with Crippen LogP contribution in [0.5, 0.6) is 0 Å². The highest BCUT2D eigenvalue weighted by atomic mass is 16.5. The Kier molecular flexibility index (Phi) is 6.19. The molecule has 1 aliphatic heterocycles. The van der Waals surface area contributed by atoms with Gasteiger partial charge in [0.05, 0.1) is 6.61 Å². The number of carbonyl (C=O) groups excluding carboxylic acids is 1. The summed E-state index contributed by atoms with van der Waals surface area (Å²) in [6.45, 7) is 4.57. The minimum absolute atomic E-state index is 0.173. The highest BCUT2D eigenvalue weighted by Crippen LogP contribution is 2.20. The fourth-order valence-corrected chi connectivity index (χ4v) is 3.08. The molecule has 0 bridgehead atoms. The number of aromatic nitrogens is 1. The molecule has 2 heterocycles. The lowest BCUT2D eigenvalue weighted by atomic mass is 9.97. The highest BCUT2D eigenvalue weighted by molar-refractivity contribution is 5.93. The van der Waals surface area contributed by atoms with E-state index in [-0.39, 0.29) is 5.91 Å². The Labute approximate surface area is 148 Å². The van der Waals surface area contributed by atoms with Crippen LogP contribution in [-0.4, -0.2) is 55.9 Å². The first kappa shape index (κ1) is 17.6. The van der Waals surface area contributed by atoms with Gasteiger partial charge >= 0.3 is 0 Å². The van der Waals surface area contributed by atoms with Crippen LogP contribution >= 0.6 is 0 Å². The van der Waals surface area contributed by atoms with Gasteiger partial charge in [0.25, 0.3) is 5.91 Å². The number of rotatable bonds is 7. The summed E-state index contributed by atoms with van der Waals surface area (Å²) in [7, 11) is 1.73. The van der Waals surface area contributed by atoms with E-state index >= 15 is 0 Å². The van der Waals surface area contributed by atoms with Crippen molar-refractivity contribution < 1.29 is 14.1 Å². The van der Waals surface area contributed by atoms with Gasteiger partial charge in [-0.1, -0.05) is 35.5 Å². The Hall–Kier alpha value is -2.18. The molecular weight excluding hydrogens is 318 g/mol. The van der Waals surface area contributed by atoms with E-state index in [0.29, 0.717) is 23.9 Å². The monoisotopic (exact) mass is 343 g/mol. The molecule has 1 N–H and O–H groups in total. The number of likely N-dealkylation sites (tertiary alicyclic amines) is 1. The maximum Gasteiger partial charge on any atom is 0.273 e. The van der Waals surface area contributed by atoms with E-state index in [0.717, 1.165) is 44.6 Å². The van der Waals surface area contributed by atoms with Crippen LogP contribution in [0, 0.1) is 5.92 Å². The number of hydrogen-bond donors (Lipinski definition) is 1. The Bertz CT molecular complexity index is 664. The Balaban J connectivity index is 1.45. The number of methoxy groups -OCH3 is 1. The molecule has 1 saturated heterocycles. The van der Waals surface area contributed by atoms with Gasteiger partial charge in [0.2, 0.25) is 0 Å². The first-order valence-electron chi connectivity index (χ1n) is 8.78. The molecule has 3 rings (SSSR count). The van der Waals surface area contributed by atoms with Crippen molar-refractivity contribution in [1.82, 2.24) is 15.4 Å². The van der Waals surface area contributed by atoms with Crippen LogP contribution in [0.4, 0.5) is 0 Å². The lowest BCUT2D eigenvalue weighted by Crippen LogP contribution is -2.39. The van der Waals surface area contributed by atoms with E-state index in [1.165, 1.54) is 0 Å². The molecule has 0 radical (unpaired) electrons. The summed E-state index contributed by atoms with van der Waals surface area (Å²) < 4.78 is 10.4. The topological polar surface area (TPSA) is 67.6 Å². The second-order valence-corrected chi connectivity index (χ2v) is 6.43. The Morgan fingerprint density at radius 3 is 2.80 bits per heavy atom. The van der Waals surface area contributed by atoms with Gasteiger partial charge in [0.1, 0.15) is 0 Å². The molecule has 6 nitrogen and oxygen atoms in total. The third kappa shape index (κ3) is 4.90. The SMILES string of the molecule is COCCN1CCC(CNC(=O)c2cc(-c3ccccc3)on2)CC1. The molecule has 1 fully saturated rings. The van der Waals surface area contributed by atoms with E-state index < -0.39 is 0 Å². The van der Waals surface area contributed by atoms with Gasteiger partial charge in [-0.25, -0.2) is 0 Å². The van der Waals surface area contributed by atoms with E-state index in [1.807, 2.05) is 30.3 Å². The molecule has 1 aliphatic rings. The summed E-state index contributed by atoms with van der Waals surface area (Å²) in [5, 5.41) is 6.88. The van der Waals surface area contributed by atoms with Crippen LogP contribution in [0.3, 0.4) is 0 Å². The zero-order valence-corrected chi connectivity index (χ0v) is 14.6. The summed E-state index contributed by atoms with van der Waals surface area (Å²) in [5.41, 5.74) is 1.24. The van der Waals surface area contributed by atoms with Crippen molar-refractivity contribution in [3.05, 3.63) is 42.1 Å². The van der Waals surface area contributed by atoms with Gasteiger partial charge in [-0.2, -0.15) is 0 Å². The average Bonchev–Trinajstić information content (AvgIpc) is 3.16. The summed E-state index contributed by atoms with van der Waals surface area (Å²) in [6.07, 6.45) is 2.19. The van der Waals surface area contributed by atoms with E-state index in [1.54, 1.807) is 13.2 Å². The van der Waals surface area contributed by atoms with Crippen LogP contribution in [-0.2, 0) is 4.74 Å². The van der Waals surface area contributed by atoms with E-state index in [4.69, 9.17) is 9.26 Å². The van der Waals surface area contributed by atoms with Crippen molar-refractivity contribution in [3.63, 3.8) is 0 Å². The number of nitrogens with zero attached hydrogens (tertiary/aromatic N) is 2. The van der Waals surface area contributed by atoms with Gasteiger partial charge < -0.3 is 19.5 Å². The first-order chi connectivity index (χ1) is 12.3. The molecule has 1 aromatic carbocycles. The van der Waals surface area contributed by atoms with Crippen molar-refractivity contribution in [2.24, 2.45) is 5.92 Å². The average molecular weight is 343 g/mol. The maximum absolute atomic E-state index is 12.3. The Morgan fingerprint density at radius 2 is 2.08 bits per heavy atom. The molecule has 2 aromatic rings. The fourth-order valence-electron chi connectivity index (χ4n) is 3.08. The standard InChI is InChI=1S/C19H25N3O3/c1-24-12-11-22-9-7-15(8-10-22)14-20-19(23)17-13-18(25-21-17)16-5-3-2-4-6-16/h2-6,13,15H,7-12,14H2,1H3,(H,20,23). The zero-order chi connectivity index (χ0) is 17.5. The maximum atomic E-state index is 12.3. The van der Waals surface area contributed by atoms with E-state index in [9.17, 15) is 4.79 Å². The molecule has 1 amide bonds. The second kappa shape index (κ2) is 8.78. The molecule has 0 unspecified atom stereocenters. The largest absolute Gasteiger partial charge is 0.383 e. The van der Waals surface area contributed by atoms with Crippen LogP contribution in [0.2, 0.25) is 0 Å². The zero-order valence-electron chi connectivity index (χ0n) is 14.6. The minimum atomic E-state index is -0.173. The number of piperidine rings is 1. The van der Waals surface area contributed by atoms with Crippen molar-refractivity contribution in [2.75, 3.05) is 39.9 Å². The molecule has 1 aromatic heterocycles. The number of benzene rings is 1. The summed E-state index contributed by atoms with van der Waals surface area (Å²) in [6, 6.07) is 11.3. The summed E-state index contributed by atoms with van der Waals surface area (Å²) >= 11 is 0. The molecule has 6 heteroatoms. The van der Waals surface area contributed by atoms with Crippen molar-refractivity contribution >= 4 is 5.91 Å². The van der Waals surface area contributed by atoms with Crippen LogP contribution in [0.25, 0.3) is 11.3 Å². The second-order valence-electron chi connectivity index (χ2n) is 6.43. The third-order valence-electron chi connectivity index (χ3n) is 4.67. The van der Waals surface area contributed by atoms with Gasteiger partial charge in [0, 0.05) is 31.8 Å². The first-order valence-corrected chi connectivity index (χ1v) is 8.78. The molecule has 0 saturated carbocycles. The highest BCUT2D eigenvalue weighted by Gasteiger charge is 2.20. The number of amides is 1. The molecule has 0 spiro atoms. The lowest BCUT2D eigenvalue weighted by molar-refractivity contribution is 0.0917. The van der Waals surface area contributed by atoms with Gasteiger partial charge in [0.15, 0.2) is 11.5 Å². The van der Waals surface area contributed by atoms with Gasteiger partial charge in [-0.3, -0.25) is 4.79 Å². The summed E-state index contributed by atoms with van der Waals surface area (Å²) in [4.78, 5) is 14.7. The predicted molar refractivity (Wildman–Crippen MR) is 95.3 cm³/mol. The molecule has 25 heavy (non-hydrogen) atoms.